The smallest absolute Gasteiger partial charge is 0.0340 e. The predicted octanol–water partition coefficient (Wildman–Crippen LogP) is 4.39. The van der Waals surface area contributed by atoms with E-state index in [1.54, 1.807) is 0 Å². The van der Waals surface area contributed by atoms with Gasteiger partial charge in [0.2, 0.25) is 0 Å². The lowest BCUT2D eigenvalue weighted by atomic mass is 10.1. The Bertz CT molecular complexity index is 436. The van der Waals surface area contributed by atoms with Crippen LogP contribution in [0.15, 0.2) is 54.6 Å². The van der Waals surface area contributed by atoms with Gasteiger partial charge in [0, 0.05) is 18.1 Å². The molecule has 1 N–H and O–H groups in total. The largest absolute Gasteiger partial charge is 0.385 e. The fourth-order valence-corrected chi connectivity index (χ4v) is 1.84. The molecular formula is C15H16ClN. The number of halogens is 1. The summed E-state index contributed by atoms with van der Waals surface area (Å²) < 4.78 is 0. The van der Waals surface area contributed by atoms with Crippen molar-refractivity contribution in [3.8, 4) is 11.1 Å². The topological polar surface area (TPSA) is 12.0 Å². The molecule has 2 rings (SSSR count). The van der Waals surface area contributed by atoms with Gasteiger partial charge in [0.1, 0.15) is 0 Å². The van der Waals surface area contributed by atoms with Crippen LogP contribution in [0.4, 0.5) is 5.69 Å². The zero-order chi connectivity index (χ0) is 11.9. The summed E-state index contributed by atoms with van der Waals surface area (Å²) in [6, 6.07) is 18.9. The third kappa shape index (κ3) is 3.50. The Labute approximate surface area is 107 Å². The van der Waals surface area contributed by atoms with Crippen molar-refractivity contribution in [1.82, 2.24) is 0 Å². The highest BCUT2D eigenvalue weighted by molar-refractivity contribution is 6.17. The van der Waals surface area contributed by atoms with Gasteiger partial charge in [0.25, 0.3) is 0 Å². The predicted molar refractivity (Wildman–Crippen MR) is 75.7 cm³/mol. The molecule has 0 aliphatic rings. The maximum atomic E-state index is 5.63. The number of hydrogen-bond donors (Lipinski definition) is 1. The van der Waals surface area contributed by atoms with Crippen molar-refractivity contribution >= 4 is 17.3 Å². The number of anilines is 1. The first-order chi connectivity index (χ1) is 8.40. The van der Waals surface area contributed by atoms with Crippen LogP contribution in [0, 0.1) is 0 Å². The normalized spacial score (nSPS) is 10.2. The van der Waals surface area contributed by atoms with Crippen molar-refractivity contribution in [3.05, 3.63) is 54.6 Å². The van der Waals surface area contributed by atoms with E-state index in [2.05, 4.69) is 53.8 Å². The van der Waals surface area contributed by atoms with Crippen LogP contribution in [0.3, 0.4) is 0 Å². The second-order valence-corrected chi connectivity index (χ2v) is 4.29. The summed E-state index contributed by atoms with van der Waals surface area (Å²) in [5.74, 6) is 0.703. The number of nitrogens with one attached hydrogen (secondary N) is 1. The minimum Gasteiger partial charge on any atom is -0.385 e. The van der Waals surface area contributed by atoms with Crippen molar-refractivity contribution in [3.63, 3.8) is 0 Å². The molecule has 0 saturated carbocycles. The summed E-state index contributed by atoms with van der Waals surface area (Å²) in [5, 5.41) is 3.34. The van der Waals surface area contributed by atoms with Gasteiger partial charge in [-0.1, -0.05) is 42.5 Å². The number of hydrogen-bond acceptors (Lipinski definition) is 1. The Kier molecular flexibility index (Phi) is 4.45. The molecule has 0 saturated heterocycles. The Balaban J connectivity index is 2.03. The third-order valence-electron chi connectivity index (χ3n) is 2.63. The molecule has 2 heteroatoms. The molecule has 0 amide bonds. The van der Waals surface area contributed by atoms with Gasteiger partial charge in [0.15, 0.2) is 0 Å². The summed E-state index contributed by atoms with van der Waals surface area (Å²) in [7, 11) is 0. The lowest BCUT2D eigenvalue weighted by Gasteiger charge is -2.06. The first kappa shape index (κ1) is 12.0. The van der Waals surface area contributed by atoms with Crippen molar-refractivity contribution in [1.29, 1.82) is 0 Å². The maximum Gasteiger partial charge on any atom is 0.0340 e. The van der Waals surface area contributed by atoms with Gasteiger partial charge in [-0.05, 0) is 29.7 Å². The van der Waals surface area contributed by atoms with E-state index in [0.29, 0.717) is 5.88 Å². The third-order valence-corrected chi connectivity index (χ3v) is 2.90. The number of benzene rings is 2. The van der Waals surface area contributed by atoms with Crippen LogP contribution < -0.4 is 5.32 Å². The van der Waals surface area contributed by atoms with Gasteiger partial charge in [0.05, 0.1) is 0 Å². The Morgan fingerprint density at radius 2 is 1.47 bits per heavy atom. The standard InChI is InChI=1S/C15H16ClN/c16-11-4-12-17-15-9-7-14(8-10-15)13-5-2-1-3-6-13/h1-3,5-10,17H,4,11-12H2. The van der Waals surface area contributed by atoms with Crippen molar-refractivity contribution in [2.24, 2.45) is 0 Å². The molecule has 0 spiro atoms. The molecule has 0 atom stereocenters. The monoisotopic (exact) mass is 245 g/mol. The first-order valence-electron chi connectivity index (χ1n) is 5.85. The van der Waals surface area contributed by atoms with Crippen LogP contribution in [-0.4, -0.2) is 12.4 Å². The Morgan fingerprint density at radius 3 is 2.12 bits per heavy atom. The van der Waals surface area contributed by atoms with E-state index in [0.717, 1.165) is 18.7 Å². The van der Waals surface area contributed by atoms with Gasteiger partial charge in [-0.3, -0.25) is 0 Å². The minimum absolute atomic E-state index is 0.703. The van der Waals surface area contributed by atoms with Gasteiger partial charge < -0.3 is 5.32 Å². The molecule has 0 bridgehead atoms. The summed E-state index contributed by atoms with van der Waals surface area (Å²) in [5.41, 5.74) is 3.64. The number of rotatable bonds is 5. The number of alkyl halides is 1. The molecule has 17 heavy (non-hydrogen) atoms. The average molecular weight is 246 g/mol. The molecule has 2 aromatic rings. The quantitative estimate of drug-likeness (QED) is 0.608. The lowest BCUT2D eigenvalue weighted by molar-refractivity contribution is 0.987. The molecule has 0 aliphatic carbocycles. The Hall–Kier alpha value is -1.47. The van der Waals surface area contributed by atoms with E-state index in [-0.39, 0.29) is 0 Å². The van der Waals surface area contributed by atoms with E-state index < -0.39 is 0 Å². The minimum atomic E-state index is 0.703. The molecule has 0 fully saturated rings. The molecule has 0 unspecified atom stereocenters. The lowest BCUT2D eigenvalue weighted by Crippen LogP contribution is -2.01. The van der Waals surface area contributed by atoms with Gasteiger partial charge in [-0.15, -0.1) is 11.6 Å². The Morgan fingerprint density at radius 1 is 0.824 bits per heavy atom. The molecule has 1 nitrogen and oxygen atoms in total. The van der Waals surface area contributed by atoms with Crippen LogP contribution in [0.1, 0.15) is 6.42 Å². The van der Waals surface area contributed by atoms with Crippen LogP contribution in [0.5, 0.6) is 0 Å². The van der Waals surface area contributed by atoms with Gasteiger partial charge in [-0.25, -0.2) is 0 Å². The van der Waals surface area contributed by atoms with Crippen LogP contribution in [0.25, 0.3) is 11.1 Å². The molecule has 2 aromatic carbocycles. The van der Waals surface area contributed by atoms with Gasteiger partial charge in [-0.2, -0.15) is 0 Å². The summed E-state index contributed by atoms with van der Waals surface area (Å²) in [6.07, 6.45) is 0.988. The zero-order valence-electron chi connectivity index (χ0n) is 9.70. The van der Waals surface area contributed by atoms with Gasteiger partial charge >= 0.3 is 0 Å². The summed E-state index contributed by atoms with van der Waals surface area (Å²) in [4.78, 5) is 0. The second kappa shape index (κ2) is 6.31. The average Bonchev–Trinajstić information content (AvgIpc) is 2.41. The van der Waals surface area contributed by atoms with Crippen LogP contribution in [-0.2, 0) is 0 Å². The zero-order valence-corrected chi connectivity index (χ0v) is 10.5. The van der Waals surface area contributed by atoms with Crippen molar-refractivity contribution < 1.29 is 0 Å². The molecule has 0 aromatic heterocycles. The molecule has 0 heterocycles. The highest BCUT2D eigenvalue weighted by Gasteiger charge is 1.96. The fraction of sp³-hybridized carbons (Fsp3) is 0.200. The molecule has 88 valence electrons. The molecular weight excluding hydrogens is 230 g/mol. The van der Waals surface area contributed by atoms with E-state index in [4.69, 9.17) is 11.6 Å². The van der Waals surface area contributed by atoms with E-state index in [1.165, 1.54) is 11.1 Å². The van der Waals surface area contributed by atoms with E-state index in [9.17, 15) is 0 Å². The molecule has 0 radical (unpaired) electrons. The van der Waals surface area contributed by atoms with Crippen molar-refractivity contribution in [2.45, 2.75) is 6.42 Å². The highest BCUT2D eigenvalue weighted by atomic mass is 35.5. The van der Waals surface area contributed by atoms with Crippen LogP contribution in [0.2, 0.25) is 0 Å². The maximum absolute atomic E-state index is 5.63. The highest BCUT2D eigenvalue weighted by Crippen LogP contribution is 2.20. The van der Waals surface area contributed by atoms with Crippen LogP contribution >= 0.6 is 11.6 Å². The fourth-order valence-electron chi connectivity index (χ4n) is 1.71. The molecule has 0 aliphatic heterocycles. The second-order valence-electron chi connectivity index (χ2n) is 3.91. The summed E-state index contributed by atoms with van der Waals surface area (Å²) >= 11 is 5.63. The first-order valence-corrected chi connectivity index (χ1v) is 6.39. The van der Waals surface area contributed by atoms with E-state index >= 15 is 0 Å². The van der Waals surface area contributed by atoms with E-state index in [1.807, 2.05) is 6.07 Å². The summed E-state index contributed by atoms with van der Waals surface area (Å²) in [6.45, 7) is 0.925. The van der Waals surface area contributed by atoms with Crippen molar-refractivity contribution in [2.75, 3.05) is 17.7 Å². The SMILES string of the molecule is ClCCCNc1ccc(-c2ccccc2)cc1.